The highest BCUT2D eigenvalue weighted by molar-refractivity contribution is 9.11. The normalized spacial score (nSPS) is 11.3. The number of likely N-dealkylation sites (N-methyl/N-ethyl adjacent to an activating group) is 1. The highest BCUT2D eigenvalue weighted by Crippen LogP contribution is 2.40. The fraction of sp³-hybridized carbons (Fsp3) is 0.357. The Hall–Kier alpha value is -0.850. The summed E-state index contributed by atoms with van der Waals surface area (Å²) >= 11 is 6.99. The molecule has 2 rings (SSSR count). The third-order valence-corrected chi connectivity index (χ3v) is 4.19. The highest BCUT2D eigenvalue weighted by atomic mass is 79.9. The largest absolute Gasteiger partial charge is 0.425 e. The number of carbonyl (C=O) groups is 1. The molecule has 0 bridgehead atoms. The number of hydrogen-bond acceptors (Lipinski definition) is 3. The van der Waals surface area contributed by atoms with Crippen LogP contribution in [0, 0.1) is 0 Å². The quantitative estimate of drug-likeness (QED) is 0.624. The minimum Gasteiger partial charge on any atom is -0.425 e. The molecule has 1 N–H and O–H groups in total. The summed E-state index contributed by atoms with van der Waals surface area (Å²) in [6.45, 7) is 2.34. The third-order valence-electron chi connectivity index (χ3n) is 2.97. The van der Waals surface area contributed by atoms with Crippen LogP contribution >= 0.6 is 31.9 Å². The number of hydrogen-bond donors (Lipinski definition) is 1. The number of carbonyl (C=O) groups excluding carboxylic acids is 1. The van der Waals surface area contributed by atoms with Crippen LogP contribution in [0.15, 0.2) is 21.2 Å². The van der Waals surface area contributed by atoms with Crippen molar-refractivity contribution in [2.24, 2.45) is 0 Å². The van der Waals surface area contributed by atoms with E-state index in [1.807, 2.05) is 26.4 Å². The van der Waals surface area contributed by atoms with Crippen LogP contribution < -0.4 is 4.74 Å². The van der Waals surface area contributed by atoms with Crippen LogP contribution in [0.2, 0.25) is 0 Å². The number of aromatic amines is 1. The number of nitrogens with zero attached hydrogens (tertiary/aromatic N) is 1. The zero-order valence-corrected chi connectivity index (χ0v) is 14.8. The Balaban J connectivity index is 2.56. The van der Waals surface area contributed by atoms with E-state index in [1.165, 1.54) is 6.92 Å². The molecular formula is C14H16Br2N2O2. The lowest BCUT2D eigenvalue weighted by atomic mass is 10.1. The van der Waals surface area contributed by atoms with Crippen LogP contribution in [0.3, 0.4) is 0 Å². The summed E-state index contributed by atoms with van der Waals surface area (Å²) in [6.07, 6.45) is 2.85. The summed E-state index contributed by atoms with van der Waals surface area (Å²) in [5.41, 5.74) is 2.07. The number of aromatic nitrogens is 1. The molecule has 4 nitrogen and oxygen atoms in total. The molecule has 20 heavy (non-hydrogen) atoms. The van der Waals surface area contributed by atoms with E-state index >= 15 is 0 Å². The molecule has 1 aromatic carbocycles. The fourth-order valence-electron chi connectivity index (χ4n) is 2.07. The average molecular weight is 404 g/mol. The molecule has 0 fully saturated rings. The van der Waals surface area contributed by atoms with E-state index in [0.29, 0.717) is 5.75 Å². The first-order valence-corrected chi connectivity index (χ1v) is 7.80. The summed E-state index contributed by atoms with van der Waals surface area (Å²) in [4.78, 5) is 16.7. The second-order valence-corrected chi connectivity index (χ2v) is 6.59. The van der Waals surface area contributed by atoms with Gasteiger partial charge >= 0.3 is 5.97 Å². The molecule has 0 saturated heterocycles. The monoisotopic (exact) mass is 402 g/mol. The predicted octanol–water partition coefficient (Wildman–Crippen LogP) is 3.72. The van der Waals surface area contributed by atoms with E-state index in [1.54, 1.807) is 0 Å². The number of rotatable bonds is 4. The van der Waals surface area contributed by atoms with Gasteiger partial charge in [-0.2, -0.15) is 0 Å². The van der Waals surface area contributed by atoms with E-state index in [0.717, 1.165) is 38.4 Å². The van der Waals surface area contributed by atoms with Crippen molar-refractivity contribution in [2.75, 3.05) is 20.6 Å². The smallest absolute Gasteiger partial charge is 0.308 e. The van der Waals surface area contributed by atoms with Crippen LogP contribution in [0.25, 0.3) is 10.9 Å². The van der Waals surface area contributed by atoms with Crippen molar-refractivity contribution in [3.05, 3.63) is 26.8 Å². The SMILES string of the molecule is CC(=O)Oc1c(Br)cc(Br)c2[nH]cc(CCN(C)C)c12. The minimum atomic E-state index is -0.325. The maximum absolute atomic E-state index is 11.3. The Kier molecular flexibility index (Phi) is 4.88. The summed E-state index contributed by atoms with van der Waals surface area (Å²) < 4.78 is 7.08. The van der Waals surface area contributed by atoms with Crippen LogP contribution in [-0.2, 0) is 11.2 Å². The van der Waals surface area contributed by atoms with Gasteiger partial charge in [0, 0.05) is 29.5 Å². The third kappa shape index (κ3) is 3.24. The fourth-order valence-corrected chi connectivity index (χ4v) is 3.42. The average Bonchev–Trinajstić information content (AvgIpc) is 2.75. The van der Waals surface area contributed by atoms with Crippen molar-refractivity contribution in [1.29, 1.82) is 0 Å². The van der Waals surface area contributed by atoms with Gasteiger partial charge in [-0.25, -0.2) is 0 Å². The first-order chi connectivity index (χ1) is 9.40. The zero-order valence-electron chi connectivity index (χ0n) is 11.6. The van der Waals surface area contributed by atoms with Gasteiger partial charge in [0.25, 0.3) is 0 Å². The van der Waals surface area contributed by atoms with Crippen molar-refractivity contribution in [3.63, 3.8) is 0 Å². The predicted molar refractivity (Wildman–Crippen MR) is 87.3 cm³/mol. The first kappa shape index (κ1) is 15.5. The lowest BCUT2D eigenvalue weighted by Crippen LogP contribution is -2.15. The highest BCUT2D eigenvalue weighted by Gasteiger charge is 2.17. The first-order valence-electron chi connectivity index (χ1n) is 6.21. The van der Waals surface area contributed by atoms with Gasteiger partial charge in [-0.05, 0) is 64.0 Å². The molecule has 0 saturated carbocycles. The molecule has 1 heterocycles. The lowest BCUT2D eigenvalue weighted by molar-refractivity contribution is -0.131. The Morgan fingerprint density at radius 3 is 2.65 bits per heavy atom. The van der Waals surface area contributed by atoms with Crippen LogP contribution in [0.4, 0.5) is 0 Å². The van der Waals surface area contributed by atoms with Gasteiger partial charge in [0.1, 0.15) is 0 Å². The van der Waals surface area contributed by atoms with Crippen molar-refractivity contribution >= 4 is 48.7 Å². The Labute approximate surface area is 134 Å². The second-order valence-electron chi connectivity index (χ2n) is 4.88. The summed E-state index contributed by atoms with van der Waals surface area (Å²) in [5.74, 6) is 0.250. The number of nitrogens with one attached hydrogen (secondary N) is 1. The van der Waals surface area contributed by atoms with Gasteiger partial charge in [-0.3, -0.25) is 4.79 Å². The number of benzene rings is 1. The molecule has 0 aliphatic carbocycles. The molecule has 6 heteroatoms. The number of ether oxygens (including phenoxy) is 1. The zero-order chi connectivity index (χ0) is 14.9. The molecule has 0 aliphatic heterocycles. The number of H-pyrrole nitrogens is 1. The van der Waals surface area contributed by atoms with E-state index in [4.69, 9.17) is 4.74 Å². The minimum absolute atomic E-state index is 0.325. The molecule has 1 aromatic heterocycles. The van der Waals surface area contributed by atoms with Crippen LogP contribution in [-0.4, -0.2) is 36.5 Å². The summed E-state index contributed by atoms with van der Waals surface area (Å²) in [5, 5.41) is 0.948. The molecule has 0 unspecified atom stereocenters. The Morgan fingerprint density at radius 1 is 1.35 bits per heavy atom. The maximum atomic E-state index is 11.3. The number of esters is 1. The van der Waals surface area contributed by atoms with Gasteiger partial charge in [-0.1, -0.05) is 0 Å². The molecule has 0 radical (unpaired) electrons. The maximum Gasteiger partial charge on any atom is 0.308 e. The van der Waals surface area contributed by atoms with Crippen molar-refractivity contribution in [3.8, 4) is 5.75 Å². The van der Waals surface area contributed by atoms with Crippen LogP contribution in [0.1, 0.15) is 12.5 Å². The Morgan fingerprint density at radius 2 is 2.05 bits per heavy atom. The molecular weight excluding hydrogens is 388 g/mol. The van der Waals surface area contributed by atoms with E-state index in [9.17, 15) is 4.79 Å². The van der Waals surface area contributed by atoms with Gasteiger partial charge in [0.05, 0.1) is 9.99 Å². The standard InChI is InChI=1S/C14H16Br2N2O2/c1-8(19)20-14-11(16)6-10(15)13-12(14)9(7-17-13)4-5-18(2)3/h6-7,17H,4-5H2,1-3H3. The molecule has 0 amide bonds. The molecule has 108 valence electrons. The molecule has 0 atom stereocenters. The van der Waals surface area contributed by atoms with E-state index in [2.05, 4.69) is 41.7 Å². The van der Waals surface area contributed by atoms with Gasteiger partial charge < -0.3 is 14.6 Å². The van der Waals surface area contributed by atoms with E-state index in [-0.39, 0.29) is 5.97 Å². The van der Waals surface area contributed by atoms with Crippen molar-refractivity contribution < 1.29 is 9.53 Å². The van der Waals surface area contributed by atoms with Crippen molar-refractivity contribution in [1.82, 2.24) is 9.88 Å². The van der Waals surface area contributed by atoms with Gasteiger partial charge in [-0.15, -0.1) is 0 Å². The van der Waals surface area contributed by atoms with Gasteiger partial charge in [0.15, 0.2) is 5.75 Å². The molecule has 0 spiro atoms. The molecule has 2 aromatic rings. The number of halogens is 2. The molecule has 0 aliphatic rings. The van der Waals surface area contributed by atoms with Crippen molar-refractivity contribution in [2.45, 2.75) is 13.3 Å². The van der Waals surface area contributed by atoms with Gasteiger partial charge in [0.2, 0.25) is 0 Å². The van der Waals surface area contributed by atoms with E-state index < -0.39 is 0 Å². The number of fused-ring (bicyclic) bond motifs is 1. The Bertz CT molecular complexity index is 650. The summed E-state index contributed by atoms with van der Waals surface area (Å²) in [6, 6.07) is 1.88. The lowest BCUT2D eigenvalue weighted by Gasteiger charge is -2.11. The van der Waals surface area contributed by atoms with Crippen LogP contribution in [0.5, 0.6) is 5.75 Å². The second kappa shape index (κ2) is 6.28. The summed E-state index contributed by atoms with van der Waals surface area (Å²) in [7, 11) is 4.07. The topological polar surface area (TPSA) is 45.3 Å².